The van der Waals surface area contributed by atoms with Crippen LogP contribution in [0.4, 0.5) is 0 Å². The van der Waals surface area contributed by atoms with Gasteiger partial charge >= 0.3 is 5.97 Å². The number of fused-ring (bicyclic) bond motifs is 1. The Bertz CT molecular complexity index is 1330. The smallest absolute Gasteiger partial charge is 0.332 e. The normalized spacial score (nSPS) is 24.3. The number of pyridine rings is 1. The van der Waals surface area contributed by atoms with Crippen molar-refractivity contribution >= 4 is 22.8 Å². The molecule has 1 unspecified atom stereocenters. The molecule has 8 heteroatoms. The van der Waals surface area contributed by atoms with Crippen LogP contribution in [0.3, 0.4) is 0 Å². The molecule has 4 atom stereocenters. The van der Waals surface area contributed by atoms with E-state index in [2.05, 4.69) is 17.2 Å². The third kappa shape index (κ3) is 4.89. The van der Waals surface area contributed by atoms with Crippen LogP contribution in [0.25, 0.3) is 22.2 Å². The first kappa shape index (κ1) is 24.8. The lowest BCUT2D eigenvalue weighted by molar-refractivity contribution is -0.149. The highest BCUT2D eigenvalue weighted by Crippen LogP contribution is 2.45. The van der Waals surface area contributed by atoms with E-state index in [0.29, 0.717) is 30.9 Å². The Labute approximate surface area is 216 Å². The second kappa shape index (κ2) is 10.2. The fourth-order valence-electron chi connectivity index (χ4n) is 4.90. The summed E-state index contributed by atoms with van der Waals surface area (Å²) >= 11 is 0. The van der Waals surface area contributed by atoms with Gasteiger partial charge in [-0.15, -0.1) is 6.58 Å². The number of esters is 1. The SMILES string of the molecule is C=C[C@@H]1C[C@]1(NC(=O)[C@@H]1CC(Oc2cc(-c3ccccc3)nc3cc(OC)ccc23)CN1)C(=O)OCC. The van der Waals surface area contributed by atoms with Crippen molar-refractivity contribution in [3.8, 4) is 22.8 Å². The largest absolute Gasteiger partial charge is 0.497 e. The second-order valence-corrected chi connectivity index (χ2v) is 9.42. The quantitative estimate of drug-likeness (QED) is 0.341. The summed E-state index contributed by atoms with van der Waals surface area (Å²) in [5, 5.41) is 7.03. The first-order chi connectivity index (χ1) is 18.0. The summed E-state index contributed by atoms with van der Waals surface area (Å²) in [5.41, 5.74) is 1.51. The van der Waals surface area contributed by atoms with E-state index in [1.165, 1.54) is 0 Å². The molecule has 5 rings (SSSR count). The molecular weight excluding hydrogens is 470 g/mol. The number of carbonyl (C=O) groups is 2. The minimum absolute atomic E-state index is 0.125. The van der Waals surface area contributed by atoms with E-state index < -0.39 is 17.6 Å². The van der Waals surface area contributed by atoms with Gasteiger partial charge in [-0.2, -0.15) is 0 Å². The fourth-order valence-corrected chi connectivity index (χ4v) is 4.90. The first-order valence-corrected chi connectivity index (χ1v) is 12.5. The maximum Gasteiger partial charge on any atom is 0.332 e. The van der Waals surface area contributed by atoms with Crippen molar-refractivity contribution in [1.29, 1.82) is 0 Å². The average Bonchev–Trinajstić information content (AvgIpc) is 3.44. The van der Waals surface area contributed by atoms with Gasteiger partial charge in [0.25, 0.3) is 0 Å². The number of hydrogen-bond acceptors (Lipinski definition) is 7. The number of rotatable bonds is 9. The topological polar surface area (TPSA) is 98.8 Å². The molecule has 1 saturated carbocycles. The molecule has 1 saturated heterocycles. The molecule has 2 N–H and O–H groups in total. The van der Waals surface area contributed by atoms with Gasteiger partial charge in [-0.1, -0.05) is 36.4 Å². The monoisotopic (exact) mass is 501 g/mol. The van der Waals surface area contributed by atoms with Gasteiger partial charge in [0.15, 0.2) is 0 Å². The van der Waals surface area contributed by atoms with Crippen LogP contribution in [0.15, 0.2) is 67.3 Å². The molecule has 2 aliphatic rings. The predicted molar refractivity (Wildman–Crippen MR) is 140 cm³/mol. The van der Waals surface area contributed by atoms with Crippen molar-refractivity contribution < 1.29 is 23.8 Å². The Balaban J connectivity index is 1.34. The maximum absolute atomic E-state index is 13.1. The Morgan fingerprint density at radius 2 is 2.03 bits per heavy atom. The average molecular weight is 502 g/mol. The number of nitrogens with one attached hydrogen (secondary N) is 2. The number of aromatic nitrogens is 1. The molecule has 2 heterocycles. The maximum atomic E-state index is 13.1. The highest BCUT2D eigenvalue weighted by molar-refractivity contribution is 5.94. The van der Waals surface area contributed by atoms with Gasteiger partial charge in [0, 0.05) is 42.0 Å². The molecule has 1 aromatic heterocycles. The second-order valence-electron chi connectivity index (χ2n) is 9.42. The van der Waals surface area contributed by atoms with Crippen LogP contribution in [0.5, 0.6) is 11.5 Å². The first-order valence-electron chi connectivity index (χ1n) is 12.5. The molecule has 0 radical (unpaired) electrons. The highest BCUT2D eigenvalue weighted by atomic mass is 16.5. The highest BCUT2D eigenvalue weighted by Gasteiger charge is 2.61. The number of methoxy groups -OCH3 is 1. The van der Waals surface area contributed by atoms with Crippen LogP contribution < -0.4 is 20.1 Å². The van der Waals surface area contributed by atoms with E-state index >= 15 is 0 Å². The number of amides is 1. The van der Waals surface area contributed by atoms with Gasteiger partial charge < -0.3 is 24.8 Å². The third-order valence-corrected chi connectivity index (χ3v) is 7.03. The zero-order valence-electron chi connectivity index (χ0n) is 21.0. The third-order valence-electron chi connectivity index (χ3n) is 7.03. The summed E-state index contributed by atoms with van der Waals surface area (Å²) in [5.74, 6) is 0.629. The number of ether oxygens (including phenoxy) is 3. The van der Waals surface area contributed by atoms with Crippen molar-refractivity contribution in [1.82, 2.24) is 15.6 Å². The molecule has 37 heavy (non-hydrogen) atoms. The van der Waals surface area contributed by atoms with Crippen LogP contribution in [0.2, 0.25) is 0 Å². The molecule has 1 amide bonds. The van der Waals surface area contributed by atoms with E-state index in [4.69, 9.17) is 19.2 Å². The summed E-state index contributed by atoms with van der Waals surface area (Å²) < 4.78 is 17.1. The van der Waals surface area contributed by atoms with Crippen LogP contribution in [-0.4, -0.2) is 54.8 Å². The lowest BCUT2D eigenvalue weighted by atomic mass is 10.1. The standard InChI is InChI=1S/C29H31N3O5/c1-4-19-16-29(19,28(34)36-5-2)32-27(33)25-14-21(17-30-25)37-26-15-23(18-9-7-6-8-10-18)31-24-13-20(35-3)11-12-22(24)26/h4,6-13,15,19,21,25,30H,1,5,14,16-17H2,2-3H3,(H,32,33)/t19-,21?,25+,29-/m1/s1. The van der Waals surface area contributed by atoms with Crippen LogP contribution >= 0.6 is 0 Å². The Hall–Kier alpha value is -3.91. The molecular formula is C29H31N3O5. The van der Waals surface area contributed by atoms with E-state index in [0.717, 1.165) is 22.2 Å². The van der Waals surface area contributed by atoms with Crippen LogP contribution in [0.1, 0.15) is 19.8 Å². The number of benzene rings is 2. The molecule has 0 bridgehead atoms. The molecule has 8 nitrogen and oxygen atoms in total. The molecule has 3 aromatic rings. The van der Waals surface area contributed by atoms with Gasteiger partial charge in [0.1, 0.15) is 23.1 Å². The molecule has 1 aliphatic heterocycles. The van der Waals surface area contributed by atoms with Crippen molar-refractivity contribution in [2.75, 3.05) is 20.3 Å². The zero-order valence-corrected chi connectivity index (χ0v) is 21.0. The Morgan fingerprint density at radius 3 is 2.73 bits per heavy atom. The van der Waals surface area contributed by atoms with Crippen LogP contribution in [-0.2, 0) is 14.3 Å². The van der Waals surface area contributed by atoms with Gasteiger partial charge in [-0.25, -0.2) is 9.78 Å². The molecule has 2 aromatic carbocycles. The number of nitrogens with zero attached hydrogens (tertiary/aromatic N) is 1. The predicted octanol–water partition coefficient (Wildman–Crippen LogP) is 3.64. The summed E-state index contributed by atoms with van der Waals surface area (Å²) in [6, 6.07) is 17.1. The van der Waals surface area contributed by atoms with Crippen molar-refractivity contribution in [3.63, 3.8) is 0 Å². The summed E-state index contributed by atoms with van der Waals surface area (Å²) in [6.07, 6.45) is 2.42. The van der Waals surface area contributed by atoms with E-state index in [1.807, 2.05) is 54.6 Å². The minimum atomic E-state index is -1.01. The lowest BCUT2D eigenvalue weighted by Gasteiger charge is -2.20. The Morgan fingerprint density at radius 1 is 1.22 bits per heavy atom. The Kier molecular flexibility index (Phi) is 6.84. The zero-order chi connectivity index (χ0) is 26.0. The summed E-state index contributed by atoms with van der Waals surface area (Å²) in [6.45, 7) is 6.29. The molecule has 0 spiro atoms. The summed E-state index contributed by atoms with van der Waals surface area (Å²) in [4.78, 5) is 30.5. The van der Waals surface area contributed by atoms with Gasteiger partial charge in [0.05, 0.1) is 31.0 Å². The van der Waals surface area contributed by atoms with E-state index in [9.17, 15) is 9.59 Å². The van der Waals surface area contributed by atoms with Gasteiger partial charge in [-0.3, -0.25) is 4.79 Å². The lowest BCUT2D eigenvalue weighted by Crippen LogP contribution is -2.51. The molecule has 2 fully saturated rings. The minimum Gasteiger partial charge on any atom is -0.497 e. The fraction of sp³-hybridized carbons (Fsp3) is 0.345. The van der Waals surface area contributed by atoms with Crippen molar-refractivity contribution in [3.05, 3.63) is 67.3 Å². The van der Waals surface area contributed by atoms with Crippen molar-refractivity contribution in [2.24, 2.45) is 5.92 Å². The van der Waals surface area contributed by atoms with Gasteiger partial charge in [0.2, 0.25) is 5.91 Å². The molecule has 192 valence electrons. The number of hydrogen-bond donors (Lipinski definition) is 2. The van der Waals surface area contributed by atoms with E-state index in [1.54, 1.807) is 20.1 Å². The number of carbonyl (C=O) groups excluding carboxylic acids is 2. The molecule has 1 aliphatic carbocycles. The summed E-state index contributed by atoms with van der Waals surface area (Å²) in [7, 11) is 1.62. The van der Waals surface area contributed by atoms with Crippen molar-refractivity contribution in [2.45, 2.75) is 37.5 Å². The van der Waals surface area contributed by atoms with Gasteiger partial charge in [-0.05, 0) is 25.5 Å². The van der Waals surface area contributed by atoms with Crippen LogP contribution in [0, 0.1) is 5.92 Å². The van der Waals surface area contributed by atoms with E-state index in [-0.39, 0.29) is 24.5 Å².